The Bertz CT molecular complexity index is 1710. The van der Waals surface area contributed by atoms with Crippen molar-refractivity contribution in [1.82, 2.24) is 0 Å². The normalized spacial score (nSPS) is 27.4. The van der Waals surface area contributed by atoms with E-state index in [9.17, 15) is 28.8 Å². The highest BCUT2D eigenvalue weighted by atomic mass is 16.6. The van der Waals surface area contributed by atoms with E-state index in [1.165, 1.54) is 0 Å². The molecule has 0 amide bonds. The van der Waals surface area contributed by atoms with E-state index >= 15 is 0 Å². The first-order chi connectivity index (χ1) is 28.6. The van der Waals surface area contributed by atoms with Gasteiger partial charge in [0.05, 0.1) is 76.9 Å². The van der Waals surface area contributed by atoms with Gasteiger partial charge in [-0.25, -0.2) is 9.59 Å². The zero-order valence-electron chi connectivity index (χ0n) is 33.4. The summed E-state index contributed by atoms with van der Waals surface area (Å²) in [6.07, 6.45) is 3.30. The molecule has 0 bridgehead atoms. The van der Waals surface area contributed by atoms with E-state index in [2.05, 4.69) is 0 Å². The van der Waals surface area contributed by atoms with Crippen LogP contribution in [0.1, 0.15) is 52.8 Å². The molecule has 0 radical (unpaired) electrons. The number of nitrogens with two attached hydrogens (primary N) is 4. The molecule has 59 heavy (non-hydrogen) atoms. The van der Waals surface area contributed by atoms with Crippen LogP contribution in [-0.4, -0.2) is 102 Å². The molecule has 3 aliphatic rings. The lowest BCUT2D eigenvalue weighted by atomic mass is 9.73. The minimum Gasteiger partial charge on any atom is -0.464 e. The van der Waals surface area contributed by atoms with E-state index in [-0.39, 0.29) is 125 Å². The fourth-order valence-electron chi connectivity index (χ4n) is 9.92. The molecular formula is C43H58N4O12. The van der Waals surface area contributed by atoms with Gasteiger partial charge in [-0.3, -0.25) is 19.2 Å². The smallest absolute Gasteiger partial charge is 0.338 e. The van der Waals surface area contributed by atoms with Crippen LogP contribution in [0, 0.1) is 59.2 Å². The average molecular weight is 823 g/mol. The lowest BCUT2D eigenvalue weighted by Gasteiger charge is -2.34. The monoisotopic (exact) mass is 822 g/mol. The Hall–Kier alpha value is -4.90. The Morgan fingerprint density at radius 2 is 0.746 bits per heavy atom. The van der Waals surface area contributed by atoms with Crippen molar-refractivity contribution in [2.75, 3.05) is 65.8 Å². The predicted octanol–water partition coefficient (Wildman–Crippen LogP) is 1.86. The molecule has 5 rings (SSSR count). The number of hydrogen-bond donors (Lipinski definition) is 4. The molecule has 3 fully saturated rings. The molecule has 0 spiro atoms. The summed E-state index contributed by atoms with van der Waals surface area (Å²) in [6, 6.07) is 17.3. The lowest BCUT2D eigenvalue weighted by molar-refractivity contribution is -0.148. The molecule has 0 saturated heterocycles. The summed E-state index contributed by atoms with van der Waals surface area (Å²) < 4.78 is 34.3. The highest BCUT2D eigenvalue weighted by molar-refractivity contribution is 5.89. The van der Waals surface area contributed by atoms with Crippen LogP contribution in [0.25, 0.3) is 0 Å². The number of esters is 6. The molecule has 8 N–H and O–H groups in total. The van der Waals surface area contributed by atoms with Crippen molar-refractivity contribution in [2.45, 2.75) is 32.1 Å². The van der Waals surface area contributed by atoms with Crippen molar-refractivity contribution in [3.8, 4) is 0 Å². The van der Waals surface area contributed by atoms with Gasteiger partial charge in [-0.15, -0.1) is 0 Å². The summed E-state index contributed by atoms with van der Waals surface area (Å²) in [7, 11) is 0. The molecule has 322 valence electrons. The van der Waals surface area contributed by atoms with E-state index in [0.717, 1.165) is 12.8 Å². The van der Waals surface area contributed by atoms with Crippen molar-refractivity contribution in [3.63, 3.8) is 0 Å². The molecule has 0 heterocycles. The van der Waals surface area contributed by atoms with Crippen LogP contribution in [0.2, 0.25) is 0 Å². The Morgan fingerprint density at radius 1 is 0.424 bits per heavy atom. The van der Waals surface area contributed by atoms with Gasteiger partial charge in [0, 0.05) is 11.8 Å². The average Bonchev–Trinajstić information content (AvgIpc) is 3.99. The first-order valence-corrected chi connectivity index (χ1v) is 20.4. The van der Waals surface area contributed by atoms with Crippen molar-refractivity contribution in [3.05, 3.63) is 71.8 Å². The van der Waals surface area contributed by atoms with E-state index in [0.29, 0.717) is 30.4 Å². The molecule has 10 atom stereocenters. The van der Waals surface area contributed by atoms with Gasteiger partial charge in [-0.1, -0.05) is 36.4 Å². The zero-order chi connectivity index (χ0) is 42.3. The quantitative estimate of drug-likeness (QED) is 0.110. The van der Waals surface area contributed by atoms with Gasteiger partial charge in [-0.2, -0.15) is 0 Å². The van der Waals surface area contributed by atoms with Crippen LogP contribution in [0.15, 0.2) is 60.7 Å². The molecule has 0 aliphatic heterocycles. The summed E-state index contributed by atoms with van der Waals surface area (Å²) in [5, 5.41) is 0. The van der Waals surface area contributed by atoms with Gasteiger partial charge in [0.25, 0.3) is 0 Å². The van der Waals surface area contributed by atoms with Gasteiger partial charge in [0.1, 0.15) is 0 Å². The second-order valence-corrected chi connectivity index (χ2v) is 15.8. The maximum Gasteiger partial charge on any atom is 0.338 e. The highest BCUT2D eigenvalue weighted by Gasteiger charge is 2.54. The Kier molecular flexibility index (Phi) is 17.2. The Morgan fingerprint density at radius 3 is 1.14 bits per heavy atom. The third-order valence-electron chi connectivity index (χ3n) is 12.4. The van der Waals surface area contributed by atoms with Crippen LogP contribution in [0.5, 0.6) is 0 Å². The number of carbonyl (C=O) groups is 6. The van der Waals surface area contributed by atoms with Gasteiger partial charge < -0.3 is 51.4 Å². The summed E-state index contributed by atoms with van der Waals surface area (Å²) >= 11 is 0. The zero-order valence-corrected chi connectivity index (χ0v) is 33.4. The van der Waals surface area contributed by atoms with Crippen molar-refractivity contribution < 1.29 is 57.2 Å². The molecule has 0 unspecified atom stereocenters. The van der Waals surface area contributed by atoms with Gasteiger partial charge in [0.15, 0.2) is 0 Å². The first kappa shape index (κ1) is 45.2. The van der Waals surface area contributed by atoms with Crippen molar-refractivity contribution in [2.24, 2.45) is 82.1 Å². The number of hydrogen-bond acceptors (Lipinski definition) is 16. The summed E-state index contributed by atoms with van der Waals surface area (Å²) in [5.74, 6) is -4.70. The maximum absolute atomic E-state index is 13.2. The van der Waals surface area contributed by atoms with E-state index in [4.69, 9.17) is 51.4 Å². The molecule has 2 aromatic rings. The SMILES string of the molecule is NCC(=O)OC[C@@H]1C[C@H](COC(=O)c2ccccc2)[C@@H]([C@H]2CC[C@@H]([C@@H]3[C@@H](COC(=O)CN)C[C@@H](COC(=O)CN)[C@H]3COC(=O)c3ccccc3)C2)[C@@H]1COC(=O)CN. The molecule has 0 aromatic heterocycles. The van der Waals surface area contributed by atoms with Crippen LogP contribution in [0.3, 0.4) is 0 Å². The second kappa shape index (κ2) is 22.5. The Balaban J connectivity index is 1.44. The molecule has 3 aliphatic carbocycles. The van der Waals surface area contributed by atoms with E-state index < -0.39 is 35.8 Å². The first-order valence-electron chi connectivity index (χ1n) is 20.4. The van der Waals surface area contributed by atoms with Crippen LogP contribution in [-0.2, 0) is 47.6 Å². The number of rotatable bonds is 20. The summed E-state index contributed by atoms with van der Waals surface area (Å²) in [5.41, 5.74) is 23.1. The van der Waals surface area contributed by atoms with Crippen molar-refractivity contribution >= 4 is 35.8 Å². The fourth-order valence-corrected chi connectivity index (χ4v) is 9.92. The number of benzene rings is 2. The standard InChI is InChI=1S/C43H58N4O12/c44-16-36(48)54-20-30-15-33(23-58-42(52)26-7-3-1-4-8-26)41(34(30)24-57-39(51)19-47)29-12-11-28(13-29)40-32(22-56-38(50)18-46)14-31(21-55-37(49)17-45)35(40)25-59-43(53)27-9-5-2-6-10-27/h1-10,28-35,40-41H,11-25,44-47H2/t28-,29+,30+,31+,32-,33-,34-,35-,40-,41-/m1/s1. The molecular weight excluding hydrogens is 764 g/mol. The lowest BCUT2D eigenvalue weighted by Crippen LogP contribution is -2.35. The molecule has 16 heteroatoms. The molecule has 3 saturated carbocycles. The third kappa shape index (κ3) is 12.3. The van der Waals surface area contributed by atoms with Crippen LogP contribution < -0.4 is 22.9 Å². The van der Waals surface area contributed by atoms with Crippen molar-refractivity contribution in [1.29, 1.82) is 0 Å². The summed E-state index contributed by atoms with van der Waals surface area (Å²) in [6.45, 7) is -0.818. The van der Waals surface area contributed by atoms with Gasteiger partial charge in [-0.05, 0) is 104 Å². The van der Waals surface area contributed by atoms with Gasteiger partial charge >= 0.3 is 35.8 Å². The highest BCUT2D eigenvalue weighted by Crippen LogP contribution is 2.56. The van der Waals surface area contributed by atoms with E-state index in [1.807, 2.05) is 6.07 Å². The predicted molar refractivity (Wildman–Crippen MR) is 211 cm³/mol. The fraction of sp³-hybridized carbons (Fsp3) is 0.581. The maximum atomic E-state index is 13.2. The van der Waals surface area contributed by atoms with Gasteiger partial charge in [0.2, 0.25) is 0 Å². The second-order valence-electron chi connectivity index (χ2n) is 15.8. The Labute approximate surface area is 344 Å². The van der Waals surface area contributed by atoms with Crippen LogP contribution in [0.4, 0.5) is 0 Å². The summed E-state index contributed by atoms with van der Waals surface area (Å²) in [4.78, 5) is 75.6. The largest absolute Gasteiger partial charge is 0.464 e. The number of ether oxygens (including phenoxy) is 6. The minimum absolute atomic E-state index is 0.0313. The molecule has 16 nitrogen and oxygen atoms in total. The molecule has 2 aromatic carbocycles. The van der Waals surface area contributed by atoms with E-state index in [1.54, 1.807) is 54.6 Å². The van der Waals surface area contributed by atoms with Crippen LogP contribution >= 0.6 is 0 Å². The third-order valence-corrected chi connectivity index (χ3v) is 12.4. The topological polar surface area (TPSA) is 262 Å². The number of carbonyl (C=O) groups excluding carboxylic acids is 6. The minimum atomic E-state index is -0.570.